The zero-order valence-electron chi connectivity index (χ0n) is 16.8. The van der Waals surface area contributed by atoms with E-state index < -0.39 is 52.9 Å². The number of carbonyl (C=O) groups excluding carboxylic acids is 2. The highest BCUT2D eigenvalue weighted by atomic mass is 35.5. The minimum absolute atomic E-state index is 0.0749. The van der Waals surface area contributed by atoms with Crippen molar-refractivity contribution in [3.05, 3.63) is 52.6 Å². The molecule has 0 unspecified atom stereocenters. The van der Waals surface area contributed by atoms with Crippen molar-refractivity contribution in [2.24, 2.45) is 5.73 Å². The number of aromatic nitrogens is 1. The van der Waals surface area contributed by atoms with Gasteiger partial charge < -0.3 is 20.5 Å². The fraction of sp³-hybridized carbons (Fsp3) is 0.350. The molecule has 3 atom stereocenters. The van der Waals surface area contributed by atoms with Gasteiger partial charge in [0.25, 0.3) is 11.8 Å². The van der Waals surface area contributed by atoms with Crippen molar-refractivity contribution in [3.8, 4) is 5.75 Å². The van der Waals surface area contributed by atoms with E-state index >= 15 is 0 Å². The number of amides is 2. The van der Waals surface area contributed by atoms with E-state index in [0.29, 0.717) is 0 Å². The van der Waals surface area contributed by atoms with E-state index in [1.807, 2.05) is 0 Å². The number of halogens is 5. The molecule has 2 amide bonds. The van der Waals surface area contributed by atoms with Gasteiger partial charge >= 0.3 is 6.18 Å². The van der Waals surface area contributed by atoms with Gasteiger partial charge in [0.15, 0.2) is 5.60 Å². The van der Waals surface area contributed by atoms with Crippen molar-refractivity contribution >= 4 is 29.1 Å². The molecule has 0 spiro atoms. The lowest BCUT2D eigenvalue weighted by Gasteiger charge is -2.27. The van der Waals surface area contributed by atoms with Crippen molar-refractivity contribution in [1.82, 2.24) is 4.98 Å². The van der Waals surface area contributed by atoms with Crippen LogP contribution >= 0.6 is 11.6 Å². The summed E-state index contributed by atoms with van der Waals surface area (Å²) in [7, 11) is 1.18. The number of primary amides is 1. The first-order chi connectivity index (χ1) is 14.9. The quantitative estimate of drug-likeness (QED) is 0.640. The fourth-order valence-electron chi connectivity index (χ4n) is 3.53. The molecule has 2 heterocycles. The topological polar surface area (TPSA) is 104 Å². The van der Waals surface area contributed by atoms with E-state index in [1.165, 1.54) is 31.5 Å². The minimum Gasteiger partial charge on any atom is -0.495 e. The summed E-state index contributed by atoms with van der Waals surface area (Å²) < 4.78 is 65.4. The lowest BCUT2D eigenvalue weighted by Crippen LogP contribution is -2.43. The van der Waals surface area contributed by atoms with Crippen LogP contribution in [0.3, 0.4) is 0 Å². The molecule has 3 N–H and O–H groups in total. The number of hydrogen-bond donors (Lipinski definition) is 2. The highest BCUT2D eigenvalue weighted by Crippen LogP contribution is 2.52. The van der Waals surface area contributed by atoms with E-state index in [0.717, 1.165) is 13.0 Å². The average molecular weight is 476 g/mol. The Balaban J connectivity index is 2.01. The summed E-state index contributed by atoms with van der Waals surface area (Å²) in [4.78, 5) is 28.0. The molecule has 0 saturated carbocycles. The molecule has 1 aromatic heterocycles. The number of methoxy groups -OCH3 is 1. The molecule has 0 bridgehead atoms. The number of alkyl halides is 3. The third kappa shape index (κ3) is 4.35. The molecule has 1 aromatic carbocycles. The number of anilines is 1. The molecule has 1 aliphatic rings. The second kappa shape index (κ2) is 8.55. The number of nitrogens with two attached hydrogens (primary N) is 1. The van der Waals surface area contributed by atoms with Crippen LogP contribution in [0.25, 0.3) is 0 Å². The van der Waals surface area contributed by atoms with Crippen LogP contribution in [0.5, 0.6) is 5.75 Å². The van der Waals surface area contributed by atoms with Gasteiger partial charge in [-0.05, 0) is 31.5 Å². The standard InChI is InChI=1S/C20H18ClF4N3O4/c1-19(20(23,24)25)8-11(10-3-4-12(22)14(21)15(10)31-2)16(32-19)18(30)28-9-5-6-27-13(7-9)17(26)29/h3-7,11,16H,8H2,1-2H3,(H2,26,29)(H,27,28,30)/t11-,16-,19-/m1/s1. The molecular weight excluding hydrogens is 458 g/mol. The Morgan fingerprint density at radius 3 is 2.62 bits per heavy atom. The zero-order valence-corrected chi connectivity index (χ0v) is 17.6. The maximum atomic E-state index is 13.9. The van der Waals surface area contributed by atoms with Crippen LogP contribution in [0.4, 0.5) is 23.2 Å². The van der Waals surface area contributed by atoms with Crippen LogP contribution in [-0.4, -0.2) is 41.8 Å². The fourth-order valence-corrected chi connectivity index (χ4v) is 3.78. The highest BCUT2D eigenvalue weighted by Gasteiger charge is 2.61. The molecule has 12 heteroatoms. The number of rotatable bonds is 5. The summed E-state index contributed by atoms with van der Waals surface area (Å²) in [5.74, 6) is -3.98. The second-order valence-electron chi connectivity index (χ2n) is 7.34. The monoisotopic (exact) mass is 475 g/mol. The second-order valence-corrected chi connectivity index (χ2v) is 7.72. The summed E-state index contributed by atoms with van der Waals surface area (Å²) in [6, 6.07) is 4.67. The molecule has 3 rings (SSSR count). The first kappa shape index (κ1) is 23.7. The van der Waals surface area contributed by atoms with Gasteiger partial charge in [0.2, 0.25) is 0 Å². The van der Waals surface area contributed by atoms with Gasteiger partial charge in [0.05, 0.1) is 7.11 Å². The first-order valence-corrected chi connectivity index (χ1v) is 9.59. The van der Waals surface area contributed by atoms with E-state index in [1.54, 1.807) is 0 Å². The Labute approximate surface area is 184 Å². The molecule has 32 heavy (non-hydrogen) atoms. The summed E-state index contributed by atoms with van der Waals surface area (Å²) in [5, 5.41) is 1.98. The van der Waals surface area contributed by atoms with Crippen molar-refractivity contribution in [2.75, 3.05) is 12.4 Å². The Morgan fingerprint density at radius 2 is 2.03 bits per heavy atom. The van der Waals surface area contributed by atoms with E-state index in [4.69, 9.17) is 26.8 Å². The molecule has 7 nitrogen and oxygen atoms in total. The number of ether oxygens (including phenoxy) is 2. The molecule has 2 aromatic rings. The Hall–Kier alpha value is -2.92. The number of benzene rings is 1. The number of nitrogens with one attached hydrogen (secondary N) is 1. The van der Waals surface area contributed by atoms with Gasteiger partial charge in [0.1, 0.15) is 28.4 Å². The molecular formula is C20H18ClF4N3O4. The largest absolute Gasteiger partial charge is 0.495 e. The van der Waals surface area contributed by atoms with Gasteiger partial charge in [-0.15, -0.1) is 0 Å². The normalized spacial score (nSPS) is 23.1. The van der Waals surface area contributed by atoms with E-state index in [2.05, 4.69) is 10.3 Å². The number of carbonyl (C=O) groups is 2. The van der Waals surface area contributed by atoms with Crippen molar-refractivity contribution in [3.63, 3.8) is 0 Å². The number of pyridine rings is 1. The third-order valence-electron chi connectivity index (χ3n) is 5.18. The molecule has 1 aliphatic heterocycles. The van der Waals surface area contributed by atoms with Gasteiger partial charge in [-0.25, -0.2) is 4.39 Å². The Bertz CT molecular complexity index is 1070. The van der Waals surface area contributed by atoms with Crippen LogP contribution in [-0.2, 0) is 9.53 Å². The van der Waals surface area contributed by atoms with Gasteiger partial charge in [0, 0.05) is 23.4 Å². The lowest BCUT2D eigenvalue weighted by molar-refractivity contribution is -0.261. The van der Waals surface area contributed by atoms with Crippen molar-refractivity contribution in [1.29, 1.82) is 0 Å². The molecule has 0 radical (unpaired) electrons. The lowest BCUT2D eigenvalue weighted by atomic mass is 9.86. The van der Waals surface area contributed by atoms with E-state index in [9.17, 15) is 27.2 Å². The van der Waals surface area contributed by atoms with Crippen LogP contribution in [0.1, 0.15) is 35.3 Å². The van der Waals surface area contributed by atoms with Crippen LogP contribution in [0.2, 0.25) is 5.02 Å². The van der Waals surface area contributed by atoms with E-state index in [-0.39, 0.29) is 22.7 Å². The first-order valence-electron chi connectivity index (χ1n) is 9.21. The van der Waals surface area contributed by atoms with Crippen LogP contribution in [0.15, 0.2) is 30.5 Å². The molecule has 172 valence electrons. The SMILES string of the molecule is COc1c([C@H]2C[C@](C)(C(F)(F)F)O[C@H]2C(=O)Nc2ccnc(C(N)=O)c2)ccc(F)c1Cl. The van der Waals surface area contributed by atoms with Crippen molar-refractivity contribution in [2.45, 2.75) is 37.1 Å². The van der Waals surface area contributed by atoms with Gasteiger partial charge in [-0.3, -0.25) is 14.6 Å². The maximum absolute atomic E-state index is 13.9. The highest BCUT2D eigenvalue weighted by molar-refractivity contribution is 6.32. The summed E-state index contributed by atoms with van der Waals surface area (Å²) >= 11 is 5.93. The summed E-state index contributed by atoms with van der Waals surface area (Å²) in [5.41, 5.74) is 2.49. The Kier molecular flexibility index (Phi) is 6.34. The van der Waals surface area contributed by atoms with Gasteiger partial charge in [-0.2, -0.15) is 13.2 Å². The van der Waals surface area contributed by atoms with Crippen LogP contribution < -0.4 is 15.8 Å². The molecule has 1 fully saturated rings. The smallest absolute Gasteiger partial charge is 0.417 e. The summed E-state index contributed by atoms with van der Waals surface area (Å²) in [6.07, 6.45) is -5.88. The Morgan fingerprint density at radius 1 is 1.34 bits per heavy atom. The minimum atomic E-state index is -4.80. The maximum Gasteiger partial charge on any atom is 0.417 e. The average Bonchev–Trinajstić information content (AvgIpc) is 3.09. The molecule has 0 aliphatic carbocycles. The predicted molar refractivity (Wildman–Crippen MR) is 106 cm³/mol. The summed E-state index contributed by atoms with van der Waals surface area (Å²) in [6.45, 7) is 0.822. The molecule has 1 saturated heterocycles. The number of nitrogens with zero attached hydrogens (tertiary/aromatic N) is 1. The van der Waals surface area contributed by atoms with Crippen LogP contribution in [0, 0.1) is 5.82 Å². The number of hydrogen-bond acceptors (Lipinski definition) is 5. The third-order valence-corrected chi connectivity index (χ3v) is 5.54. The van der Waals surface area contributed by atoms with Gasteiger partial charge in [-0.1, -0.05) is 17.7 Å². The zero-order chi connectivity index (χ0) is 23.8. The predicted octanol–water partition coefficient (Wildman–Crippen LogP) is 3.81. The van der Waals surface area contributed by atoms with Crippen molar-refractivity contribution < 1.29 is 36.6 Å².